The molecule has 2 aromatic carbocycles. The van der Waals surface area contributed by atoms with E-state index in [-0.39, 0.29) is 5.91 Å². The van der Waals surface area contributed by atoms with Gasteiger partial charge in [-0.1, -0.05) is 46.1 Å². The molecule has 2 aromatic heterocycles. The third-order valence-electron chi connectivity index (χ3n) is 4.12. The van der Waals surface area contributed by atoms with Gasteiger partial charge in [0, 0.05) is 21.7 Å². The van der Waals surface area contributed by atoms with Gasteiger partial charge < -0.3 is 4.42 Å². The second kappa shape index (κ2) is 8.20. The first kappa shape index (κ1) is 20.0. The third kappa shape index (κ3) is 4.49. The summed E-state index contributed by atoms with van der Waals surface area (Å²) >= 11 is 19.6. The van der Waals surface area contributed by atoms with E-state index < -0.39 is 0 Å². The number of carbonyl (C=O) groups excluding carboxylic acids is 1. The number of aromatic nitrogens is 1. The van der Waals surface area contributed by atoms with Gasteiger partial charge in [-0.05, 0) is 61.0 Å². The van der Waals surface area contributed by atoms with Crippen molar-refractivity contribution in [3.05, 3.63) is 74.9 Å². The van der Waals surface area contributed by atoms with E-state index in [1.807, 2.05) is 13.0 Å². The smallest absolute Gasteiger partial charge is 0.250 e. The number of fused-ring (bicyclic) bond motifs is 1. The molecule has 4 rings (SSSR count). The van der Waals surface area contributed by atoms with E-state index in [0.717, 1.165) is 21.3 Å². The molecule has 0 radical (unpaired) electrons. The lowest BCUT2D eigenvalue weighted by molar-refractivity contribution is -0.111. The maximum Gasteiger partial charge on any atom is 0.250 e. The van der Waals surface area contributed by atoms with Crippen molar-refractivity contribution in [1.29, 1.82) is 0 Å². The summed E-state index contributed by atoms with van der Waals surface area (Å²) in [6, 6.07) is 12.5. The highest BCUT2D eigenvalue weighted by Gasteiger charge is 2.10. The van der Waals surface area contributed by atoms with Gasteiger partial charge >= 0.3 is 0 Å². The highest BCUT2D eigenvalue weighted by atomic mass is 35.5. The summed E-state index contributed by atoms with van der Waals surface area (Å²) < 4.78 is 6.70. The number of carbonyl (C=O) groups is 1. The van der Waals surface area contributed by atoms with Crippen LogP contribution in [0.4, 0.5) is 5.13 Å². The summed E-state index contributed by atoms with van der Waals surface area (Å²) in [7, 11) is 0. The number of anilines is 1. The minimum absolute atomic E-state index is 0.311. The number of benzene rings is 2. The number of aryl methyl sites for hydroxylation is 1. The predicted molar refractivity (Wildman–Crippen MR) is 121 cm³/mol. The van der Waals surface area contributed by atoms with Crippen LogP contribution in [-0.4, -0.2) is 10.9 Å². The number of furan rings is 1. The van der Waals surface area contributed by atoms with Gasteiger partial charge in [-0.15, -0.1) is 0 Å². The van der Waals surface area contributed by atoms with Crippen LogP contribution in [0, 0.1) is 6.92 Å². The molecule has 0 unspecified atom stereocenters. The first-order valence-electron chi connectivity index (χ1n) is 8.50. The molecule has 0 bridgehead atoms. The summed E-state index contributed by atoms with van der Waals surface area (Å²) in [5, 5.41) is 4.95. The second-order valence-electron chi connectivity index (χ2n) is 6.24. The van der Waals surface area contributed by atoms with Crippen molar-refractivity contribution in [2.45, 2.75) is 6.92 Å². The molecule has 2 heterocycles. The van der Waals surface area contributed by atoms with Gasteiger partial charge in [0.25, 0.3) is 0 Å². The van der Waals surface area contributed by atoms with E-state index in [9.17, 15) is 4.79 Å². The molecule has 0 aliphatic carbocycles. The Morgan fingerprint density at radius 3 is 2.72 bits per heavy atom. The van der Waals surface area contributed by atoms with E-state index >= 15 is 0 Å². The van der Waals surface area contributed by atoms with E-state index in [1.54, 1.807) is 42.5 Å². The molecule has 1 amide bonds. The van der Waals surface area contributed by atoms with Crippen LogP contribution in [0.15, 0.2) is 53.0 Å². The number of hydrogen-bond acceptors (Lipinski definition) is 4. The van der Waals surface area contributed by atoms with Gasteiger partial charge in [0.1, 0.15) is 11.5 Å². The first-order chi connectivity index (χ1) is 13.9. The van der Waals surface area contributed by atoms with Crippen LogP contribution in [0.1, 0.15) is 11.3 Å². The zero-order valence-corrected chi connectivity index (χ0v) is 18.1. The maximum absolute atomic E-state index is 12.2. The van der Waals surface area contributed by atoms with Crippen molar-refractivity contribution in [3.8, 4) is 11.3 Å². The fourth-order valence-corrected chi connectivity index (χ4v) is 4.29. The molecule has 1 N–H and O–H groups in total. The summed E-state index contributed by atoms with van der Waals surface area (Å²) in [6.07, 6.45) is 2.97. The molecule has 0 aliphatic rings. The lowest BCUT2D eigenvalue weighted by Crippen LogP contribution is -2.07. The van der Waals surface area contributed by atoms with Crippen LogP contribution in [0.25, 0.3) is 27.6 Å². The zero-order valence-electron chi connectivity index (χ0n) is 15.0. The largest absolute Gasteiger partial charge is 0.457 e. The Morgan fingerprint density at radius 2 is 1.93 bits per heavy atom. The maximum atomic E-state index is 12.2. The molecule has 0 atom stereocenters. The standard InChI is InChI=1S/C21H13Cl3N2O2S/c1-11-8-19-17(10-15(11)23)25-21(29-19)26-20(27)7-4-13-3-6-18(28-13)14-5-2-12(22)9-16(14)24/h2-10H,1H3,(H,25,26,27)/b7-4+. The number of halogens is 3. The second-order valence-corrected chi connectivity index (χ2v) is 8.52. The molecule has 0 saturated heterocycles. The Hall–Kier alpha value is -2.31. The van der Waals surface area contributed by atoms with Crippen LogP contribution < -0.4 is 5.32 Å². The van der Waals surface area contributed by atoms with E-state index in [2.05, 4.69) is 10.3 Å². The highest BCUT2D eigenvalue weighted by Crippen LogP contribution is 2.32. The van der Waals surface area contributed by atoms with Crippen molar-refractivity contribution in [3.63, 3.8) is 0 Å². The fourth-order valence-electron chi connectivity index (χ4n) is 2.68. The number of hydrogen-bond donors (Lipinski definition) is 1. The van der Waals surface area contributed by atoms with E-state index in [4.69, 9.17) is 39.2 Å². The van der Waals surface area contributed by atoms with Gasteiger partial charge in [-0.25, -0.2) is 4.98 Å². The van der Waals surface area contributed by atoms with Crippen molar-refractivity contribution < 1.29 is 9.21 Å². The summed E-state index contributed by atoms with van der Waals surface area (Å²) in [5.41, 5.74) is 2.44. The molecular weight excluding hydrogens is 451 g/mol. The quantitative estimate of drug-likeness (QED) is 0.319. The molecule has 4 aromatic rings. The van der Waals surface area contributed by atoms with Gasteiger partial charge in [-0.3, -0.25) is 10.1 Å². The molecule has 29 heavy (non-hydrogen) atoms. The number of nitrogens with zero attached hydrogens (tertiary/aromatic N) is 1. The molecule has 0 saturated carbocycles. The summed E-state index contributed by atoms with van der Waals surface area (Å²) in [6.45, 7) is 1.93. The molecule has 8 heteroatoms. The zero-order chi connectivity index (χ0) is 20.5. The molecular formula is C21H13Cl3N2O2S. The topological polar surface area (TPSA) is 55.1 Å². The van der Waals surface area contributed by atoms with Crippen molar-refractivity contribution in [1.82, 2.24) is 4.98 Å². The average Bonchev–Trinajstić information content (AvgIpc) is 3.27. The summed E-state index contributed by atoms with van der Waals surface area (Å²) in [4.78, 5) is 16.6. The van der Waals surface area contributed by atoms with Crippen LogP contribution >= 0.6 is 46.1 Å². The SMILES string of the molecule is Cc1cc2sc(NC(=O)/C=C/c3ccc(-c4ccc(Cl)cc4Cl)o3)nc2cc1Cl. The van der Waals surface area contributed by atoms with Crippen LogP contribution in [0.5, 0.6) is 0 Å². The normalized spacial score (nSPS) is 11.4. The molecule has 4 nitrogen and oxygen atoms in total. The predicted octanol–water partition coefficient (Wildman–Crippen LogP) is 7.48. The lowest BCUT2D eigenvalue weighted by atomic mass is 10.2. The number of amides is 1. The van der Waals surface area contributed by atoms with Gasteiger partial charge in [-0.2, -0.15) is 0 Å². The Kier molecular flexibility index (Phi) is 5.65. The Bertz CT molecular complexity index is 1220. The molecule has 146 valence electrons. The minimum atomic E-state index is -0.311. The van der Waals surface area contributed by atoms with Gasteiger partial charge in [0.2, 0.25) is 5.91 Å². The highest BCUT2D eigenvalue weighted by molar-refractivity contribution is 7.22. The Morgan fingerprint density at radius 1 is 1.10 bits per heavy atom. The number of rotatable bonds is 4. The minimum Gasteiger partial charge on any atom is -0.457 e. The van der Waals surface area contributed by atoms with Crippen LogP contribution in [0.2, 0.25) is 15.1 Å². The lowest BCUT2D eigenvalue weighted by Gasteiger charge is -2.00. The monoisotopic (exact) mass is 462 g/mol. The van der Waals surface area contributed by atoms with Crippen molar-refractivity contribution in [2.75, 3.05) is 5.32 Å². The van der Waals surface area contributed by atoms with Crippen LogP contribution in [0.3, 0.4) is 0 Å². The number of nitrogens with one attached hydrogen (secondary N) is 1. The third-order valence-corrected chi connectivity index (χ3v) is 6.01. The van der Waals surface area contributed by atoms with E-state index in [0.29, 0.717) is 31.7 Å². The molecule has 0 aliphatic heterocycles. The molecule has 0 spiro atoms. The van der Waals surface area contributed by atoms with Crippen molar-refractivity contribution in [2.24, 2.45) is 0 Å². The average molecular weight is 464 g/mol. The molecule has 0 fully saturated rings. The van der Waals surface area contributed by atoms with Crippen LogP contribution in [-0.2, 0) is 4.79 Å². The number of thiazole rings is 1. The Balaban J connectivity index is 1.47. The summed E-state index contributed by atoms with van der Waals surface area (Å²) in [5.74, 6) is 0.798. The van der Waals surface area contributed by atoms with Gasteiger partial charge in [0.15, 0.2) is 5.13 Å². The fraction of sp³-hybridized carbons (Fsp3) is 0.0476. The Labute approximate surface area is 185 Å². The van der Waals surface area contributed by atoms with Gasteiger partial charge in [0.05, 0.1) is 15.2 Å². The van der Waals surface area contributed by atoms with Crippen molar-refractivity contribution >= 4 is 73.5 Å². The first-order valence-corrected chi connectivity index (χ1v) is 10.4. The van der Waals surface area contributed by atoms with E-state index in [1.165, 1.54) is 17.4 Å².